The standard InChI is InChI=1S/C15H18BrCl2N3/c1-3-13-15(18)14(21(4-2)20-13)8-12(19)10-6-5-9(16)7-11(10)17/h5-7,12H,3-4,8,19H2,1-2H3. The van der Waals surface area contributed by atoms with Crippen molar-refractivity contribution in [3.8, 4) is 0 Å². The van der Waals surface area contributed by atoms with E-state index in [4.69, 9.17) is 28.9 Å². The lowest BCUT2D eigenvalue weighted by atomic mass is 10.0. The summed E-state index contributed by atoms with van der Waals surface area (Å²) in [7, 11) is 0. The van der Waals surface area contributed by atoms with Gasteiger partial charge in [-0.15, -0.1) is 0 Å². The number of benzene rings is 1. The Morgan fingerprint density at radius 3 is 2.62 bits per heavy atom. The minimum atomic E-state index is -0.213. The molecule has 6 heteroatoms. The van der Waals surface area contributed by atoms with Gasteiger partial charge in [0.2, 0.25) is 0 Å². The van der Waals surface area contributed by atoms with Gasteiger partial charge in [-0.1, -0.05) is 52.1 Å². The molecule has 114 valence electrons. The van der Waals surface area contributed by atoms with E-state index in [0.717, 1.165) is 39.4 Å². The van der Waals surface area contributed by atoms with E-state index in [9.17, 15) is 0 Å². The highest BCUT2D eigenvalue weighted by molar-refractivity contribution is 9.10. The number of hydrogen-bond acceptors (Lipinski definition) is 2. The second-order valence-electron chi connectivity index (χ2n) is 4.85. The van der Waals surface area contributed by atoms with Crippen LogP contribution in [0.15, 0.2) is 22.7 Å². The third kappa shape index (κ3) is 3.62. The summed E-state index contributed by atoms with van der Waals surface area (Å²) in [5.74, 6) is 0. The van der Waals surface area contributed by atoms with Gasteiger partial charge < -0.3 is 5.73 Å². The van der Waals surface area contributed by atoms with Crippen LogP contribution in [0.1, 0.15) is 36.8 Å². The van der Waals surface area contributed by atoms with Crippen LogP contribution in [0.25, 0.3) is 0 Å². The molecule has 21 heavy (non-hydrogen) atoms. The Labute approximate surface area is 143 Å². The fraction of sp³-hybridized carbons (Fsp3) is 0.400. The zero-order chi connectivity index (χ0) is 15.6. The fourth-order valence-electron chi connectivity index (χ4n) is 2.33. The minimum Gasteiger partial charge on any atom is -0.324 e. The summed E-state index contributed by atoms with van der Waals surface area (Å²) >= 11 is 16.1. The fourth-order valence-corrected chi connectivity index (χ4v) is 3.49. The molecule has 3 nitrogen and oxygen atoms in total. The van der Waals surface area contributed by atoms with Crippen LogP contribution in [0.2, 0.25) is 10.0 Å². The molecule has 0 spiro atoms. The number of aromatic nitrogens is 2. The van der Waals surface area contributed by atoms with E-state index in [-0.39, 0.29) is 6.04 Å². The Hall–Kier alpha value is -0.550. The largest absolute Gasteiger partial charge is 0.324 e. The summed E-state index contributed by atoms with van der Waals surface area (Å²) in [4.78, 5) is 0. The molecule has 0 aliphatic heterocycles. The van der Waals surface area contributed by atoms with E-state index in [0.29, 0.717) is 11.4 Å². The summed E-state index contributed by atoms with van der Waals surface area (Å²) in [5.41, 5.74) is 9.13. The number of nitrogens with zero attached hydrogens (tertiary/aromatic N) is 2. The lowest BCUT2D eigenvalue weighted by Gasteiger charge is -2.15. The molecule has 0 saturated heterocycles. The molecule has 0 saturated carbocycles. The van der Waals surface area contributed by atoms with E-state index in [2.05, 4.69) is 21.0 Å². The van der Waals surface area contributed by atoms with Gasteiger partial charge in [-0.3, -0.25) is 4.68 Å². The smallest absolute Gasteiger partial charge is 0.0850 e. The van der Waals surface area contributed by atoms with Crippen molar-refractivity contribution < 1.29 is 0 Å². The van der Waals surface area contributed by atoms with Gasteiger partial charge in [0.1, 0.15) is 0 Å². The number of halogens is 3. The highest BCUT2D eigenvalue weighted by Crippen LogP contribution is 2.30. The zero-order valence-corrected chi connectivity index (χ0v) is 15.1. The number of aryl methyl sites for hydroxylation is 2. The van der Waals surface area contributed by atoms with Crippen molar-refractivity contribution in [1.29, 1.82) is 0 Å². The summed E-state index contributed by atoms with van der Waals surface area (Å²) in [6.45, 7) is 4.86. The molecular weight excluding hydrogens is 373 g/mol. The average molecular weight is 391 g/mol. The van der Waals surface area contributed by atoms with Gasteiger partial charge in [-0.05, 0) is 31.0 Å². The summed E-state index contributed by atoms with van der Waals surface area (Å²) in [6.07, 6.45) is 1.42. The van der Waals surface area contributed by atoms with Crippen LogP contribution in [0.3, 0.4) is 0 Å². The molecule has 0 bridgehead atoms. The first-order valence-electron chi connectivity index (χ1n) is 6.92. The van der Waals surface area contributed by atoms with E-state index in [1.165, 1.54) is 0 Å². The van der Waals surface area contributed by atoms with E-state index >= 15 is 0 Å². The van der Waals surface area contributed by atoms with Crippen molar-refractivity contribution in [2.45, 2.75) is 39.3 Å². The van der Waals surface area contributed by atoms with Gasteiger partial charge in [0, 0.05) is 28.5 Å². The van der Waals surface area contributed by atoms with Crippen LogP contribution in [-0.2, 0) is 19.4 Å². The van der Waals surface area contributed by atoms with Crippen LogP contribution in [-0.4, -0.2) is 9.78 Å². The molecule has 1 aromatic heterocycles. The molecule has 2 N–H and O–H groups in total. The van der Waals surface area contributed by atoms with Crippen LogP contribution in [0.5, 0.6) is 0 Å². The highest BCUT2D eigenvalue weighted by Gasteiger charge is 2.19. The summed E-state index contributed by atoms with van der Waals surface area (Å²) in [6, 6.07) is 5.53. The molecule has 0 amide bonds. The van der Waals surface area contributed by atoms with E-state index < -0.39 is 0 Å². The van der Waals surface area contributed by atoms with E-state index in [1.807, 2.05) is 36.7 Å². The zero-order valence-electron chi connectivity index (χ0n) is 12.0. The molecule has 1 aromatic carbocycles. The van der Waals surface area contributed by atoms with Crippen LogP contribution < -0.4 is 5.73 Å². The Morgan fingerprint density at radius 1 is 1.33 bits per heavy atom. The molecule has 0 aliphatic carbocycles. The SMILES string of the molecule is CCc1nn(CC)c(CC(N)c2ccc(Br)cc2Cl)c1Cl. The summed E-state index contributed by atoms with van der Waals surface area (Å²) in [5, 5.41) is 5.90. The number of rotatable bonds is 5. The normalized spacial score (nSPS) is 12.7. The van der Waals surface area contributed by atoms with Gasteiger partial charge in [-0.25, -0.2) is 0 Å². The second-order valence-corrected chi connectivity index (χ2v) is 6.55. The molecule has 0 fully saturated rings. The quantitative estimate of drug-likeness (QED) is 0.798. The molecule has 2 aromatic rings. The van der Waals surface area contributed by atoms with Crippen LogP contribution >= 0.6 is 39.1 Å². The van der Waals surface area contributed by atoms with Gasteiger partial charge in [0.25, 0.3) is 0 Å². The van der Waals surface area contributed by atoms with Gasteiger partial charge >= 0.3 is 0 Å². The molecule has 0 aliphatic rings. The van der Waals surface area contributed by atoms with Gasteiger partial charge in [0.05, 0.1) is 16.4 Å². The molecule has 0 radical (unpaired) electrons. The average Bonchev–Trinajstić information content (AvgIpc) is 2.75. The van der Waals surface area contributed by atoms with Crippen molar-refractivity contribution in [1.82, 2.24) is 9.78 Å². The maximum atomic E-state index is 6.43. The third-order valence-corrected chi connectivity index (χ3v) is 4.73. The first-order valence-corrected chi connectivity index (χ1v) is 8.47. The van der Waals surface area contributed by atoms with E-state index in [1.54, 1.807) is 0 Å². The predicted molar refractivity (Wildman–Crippen MR) is 92.1 cm³/mol. The molecular formula is C15H18BrCl2N3. The molecule has 1 unspecified atom stereocenters. The Kier molecular flexibility index (Phi) is 5.72. The number of nitrogens with two attached hydrogens (primary N) is 1. The lowest BCUT2D eigenvalue weighted by Crippen LogP contribution is -2.16. The second kappa shape index (κ2) is 7.14. The topological polar surface area (TPSA) is 43.8 Å². The Balaban J connectivity index is 2.31. The van der Waals surface area contributed by atoms with Crippen LogP contribution in [0, 0.1) is 0 Å². The molecule has 2 rings (SSSR count). The van der Waals surface area contributed by atoms with Crippen molar-refractivity contribution in [3.63, 3.8) is 0 Å². The predicted octanol–water partition coefficient (Wildman–Crippen LogP) is 4.78. The van der Waals surface area contributed by atoms with Gasteiger partial charge in [-0.2, -0.15) is 5.10 Å². The monoisotopic (exact) mass is 389 g/mol. The Bertz CT molecular complexity index is 640. The van der Waals surface area contributed by atoms with Crippen molar-refractivity contribution >= 4 is 39.1 Å². The minimum absolute atomic E-state index is 0.213. The lowest BCUT2D eigenvalue weighted by molar-refractivity contribution is 0.585. The third-order valence-electron chi connectivity index (χ3n) is 3.47. The van der Waals surface area contributed by atoms with Crippen molar-refractivity contribution in [3.05, 3.63) is 49.7 Å². The molecule has 1 atom stereocenters. The highest BCUT2D eigenvalue weighted by atomic mass is 79.9. The maximum absolute atomic E-state index is 6.43. The van der Waals surface area contributed by atoms with Crippen molar-refractivity contribution in [2.75, 3.05) is 0 Å². The number of hydrogen-bond donors (Lipinski definition) is 1. The van der Waals surface area contributed by atoms with Crippen LogP contribution in [0.4, 0.5) is 0 Å². The van der Waals surface area contributed by atoms with Crippen molar-refractivity contribution in [2.24, 2.45) is 5.73 Å². The van der Waals surface area contributed by atoms with Gasteiger partial charge in [0.15, 0.2) is 0 Å². The maximum Gasteiger partial charge on any atom is 0.0850 e. The first-order chi connectivity index (χ1) is 9.97. The first kappa shape index (κ1) is 16.8. The molecule has 1 heterocycles. The summed E-state index contributed by atoms with van der Waals surface area (Å²) < 4.78 is 2.86. The Morgan fingerprint density at radius 2 is 2.05 bits per heavy atom.